The van der Waals surface area contributed by atoms with Crippen LogP contribution in [0.5, 0.6) is 0 Å². The third kappa shape index (κ3) is 2.86. The third-order valence-corrected chi connectivity index (χ3v) is 5.04. The maximum atomic E-state index is 12.9. The van der Waals surface area contributed by atoms with Crippen molar-refractivity contribution in [3.05, 3.63) is 35.4 Å². The van der Waals surface area contributed by atoms with Crippen LogP contribution in [0, 0.1) is 11.3 Å². The second kappa shape index (κ2) is 6.50. The SMILES string of the molecule is CN1CCC[C@H]1[C@@H]1CCCN1C(=O)c1cccc(CC#N)c1. The second-order valence-electron chi connectivity index (χ2n) is 6.43. The molecule has 0 aliphatic carbocycles. The molecule has 2 aliphatic rings. The highest BCUT2D eigenvalue weighted by Gasteiger charge is 2.38. The average molecular weight is 297 g/mol. The summed E-state index contributed by atoms with van der Waals surface area (Å²) in [5.41, 5.74) is 1.64. The highest BCUT2D eigenvalue weighted by molar-refractivity contribution is 5.94. The monoisotopic (exact) mass is 297 g/mol. The number of rotatable bonds is 3. The average Bonchev–Trinajstić information content (AvgIpc) is 3.15. The summed E-state index contributed by atoms with van der Waals surface area (Å²) in [4.78, 5) is 17.4. The summed E-state index contributed by atoms with van der Waals surface area (Å²) < 4.78 is 0. The molecule has 1 amide bonds. The summed E-state index contributed by atoms with van der Waals surface area (Å²) in [6.45, 7) is 2.00. The molecular formula is C18H23N3O. The van der Waals surface area contributed by atoms with Crippen LogP contribution in [0.25, 0.3) is 0 Å². The van der Waals surface area contributed by atoms with Crippen LogP contribution in [0.4, 0.5) is 0 Å². The first-order valence-corrected chi connectivity index (χ1v) is 8.18. The fourth-order valence-electron chi connectivity index (χ4n) is 3.94. The molecule has 0 N–H and O–H groups in total. The van der Waals surface area contributed by atoms with Gasteiger partial charge in [0.2, 0.25) is 0 Å². The van der Waals surface area contributed by atoms with Crippen molar-refractivity contribution in [2.75, 3.05) is 20.1 Å². The minimum absolute atomic E-state index is 0.127. The Morgan fingerprint density at radius 3 is 2.77 bits per heavy atom. The molecule has 0 saturated carbocycles. The molecule has 2 atom stereocenters. The van der Waals surface area contributed by atoms with Gasteiger partial charge in [0.15, 0.2) is 0 Å². The Morgan fingerprint density at radius 2 is 2.05 bits per heavy atom. The van der Waals surface area contributed by atoms with Crippen molar-refractivity contribution < 1.29 is 4.79 Å². The smallest absolute Gasteiger partial charge is 0.254 e. The summed E-state index contributed by atoms with van der Waals surface area (Å²) in [6.07, 6.45) is 4.99. The van der Waals surface area contributed by atoms with Gasteiger partial charge in [-0.15, -0.1) is 0 Å². The number of likely N-dealkylation sites (tertiary alicyclic amines) is 2. The summed E-state index contributed by atoms with van der Waals surface area (Å²) in [7, 11) is 2.17. The van der Waals surface area contributed by atoms with Crippen molar-refractivity contribution in [1.29, 1.82) is 5.26 Å². The van der Waals surface area contributed by atoms with E-state index in [2.05, 4.69) is 22.9 Å². The van der Waals surface area contributed by atoms with E-state index in [1.54, 1.807) is 0 Å². The van der Waals surface area contributed by atoms with E-state index >= 15 is 0 Å². The number of benzene rings is 1. The Bertz CT molecular complexity index is 592. The quantitative estimate of drug-likeness (QED) is 0.861. The van der Waals surface area contributed by atoms with Gasteiger partial charge in [0.25, 0.3) is 5.91 Å². The maximum absolute atomic E-state index is 12.9. The van der Waals surface area contributed by atoms with E-state index in [-0.39, 0.29) is 5.91 Å². The fourth-order valence-corrected chi connectivity index (χ4v) is 3.94. The lowest BCUT2D eigenvalue weighted by Crippen LogP contribution is -2.47. The lowest BCUT2D eigenvalue weighted by Gasteiger charge is -2.33. The van der Waals surface area contributed by atoms with E-state index in [1.807, 2.05) is 24.3 Å². The van der Waals surface area contributed by atoms with Crippen LogP contribution in [-0.4, -0.2) is 47.9 Å². The molecule has 2 heterocycles. The normalized spacial score (nSPS) is 25.4. The Labute approximate surface area is 132 Å². The van der Waals surface area contributed by atoms with Crippen molar-refractivity contribution in [2.24, 2.45) is 0 Å². The van der Waals surface area contributed by atoms with Gasteiger partial charge in [-0.2, -0.15) is 5.26 Å². The fraction of sp³-hybridized carbons (Fsp3) is 0.556. The molecule has 116 valence electrons. The standard InChI is InChI=1S/C18H23N3O/c1-20-11-3-7-16(20)17-8-4-12-21(17)18(22)15-6-2-5-14(13-15)9-10-19/h2,5-6,13,16-17H,3-4,7-9,11-12H2,1H3/t16-,17-/m0/s1. The van der Waals surface area contributed by atoms with E-state index in [4.69, 9.17) is 5.26 Å². The first kappa shape index (κ1) is 15.1. The molecule has 0 aromatic heterocycles. The molecule has 0 radical (unpaired) electrons. The van der Waals surface area contributed by atoms with Crippen LogP contribution >= 0.6 is 0 Å². The number of amides is 1. The number of nitriles is 1. The van der Waals surface area contributed by atoms with Crippen molar-refractivity contribution >= 4 is 5.91 Å². The van der Waals surface area contributed by atoms with Gasteiger partial charge >= 0.3 is 0 Å². The largest absolute Gasteiger partial charge is 0.334 e. The van der Waals surface area contributed by atoms with Crippen LogP contribution < -0.4 is 0 Å². The predicted molar refractivity (Wildman–Crippen MR) is 85.5 cm³/mol. The van der Waals surface area contributed by atoms with Crippen molar-refractivity contribution in [3.63, 3.8) is 0 Å². The van der Waals surface area contributed by atoms with Crippen LogP contribution in [0.3, 0.4) is 0 Å². The number of hydrogen-bond donors (Lipinski definition) is 0. The minimum atomic E-state index is 0.127. The van der Waals surface area contributed by atoms with Gasteiger partial charge in [0, 0.05) is 24.2 Å². The van der Waals surface area contributed by atoms with Crippen molar-refractivity contribution in [2.45, 2.75) is 44.2 Å². The summed E-state index contributed by atoms with van der Waals surface area (Å²) in [5, 5.41) is 8.82. The molecule has 2 aliphatic heterocycles. The van der Waals surface area contributed by atoms with Gasteiger partial charge in [-0.1, -0.05) is 12.1 Å². The zero-order valence-electron chi connectivity index (χ0n) is 13.2. The molecule has 4 heteroatoms. The van der Waals surface area contributed by atoms with Crippen LogP contribution in [0.15, 0.2) is 24.3 Å². The zero-order chi connectivity index (χ0) is 15.5. The summed E-state index contributed by atoms with van der Waals surface area (Å²) in [5.74, 6) is 0.127. The molecule has 2 fully saturated rings. The second-order valence-corrected chi connectivity index (χ2v) is 6.43. The zero-order valence-corrected chi connectivity index (χ0v) is 13.2. The Morgan fingerprint density at radius 1 is 1.27 bits per heavy atom. The van der Waals surface area contributed by atoms with E-state index in [9.17, 15) is 4.79 Å². The van der Waals surface area contributed by atoms with E-state index < -0.39 is 0 Å². The van der Waals surface area contributed by atoms with Crippen molar-refractivity contribution in [3.8, 4) is 6.07 Å². The molecule has 0 bridgehead atoms. The Balaban J connectivity index is 1.78. The highest BCUT2D eigenvalue weighted by Crippen LogP contribution is 2.30. The lowest BCUT2D eigenvalue weighted by molar-refractivity contribution is 0.0664. The third-order valence-electron chi connectivity index (χ3n) is 5.04. The summed E-state index contributed by atoms with van der Waals surface area (Å²) >= 11 is 0. The highest BCUT2D eigenvalue weighted by atomic mass is 16.2. The number of hydrogen-bond acceptors (Lipinski definition) is 3. The van der Waals surface area contributed by atoms with Gasteiger partial charge < -0.3 is 9.80 Å². The van der Waals surface area contributed by atoms with Gasteiger partial charge in [0.05, 0.1) is 12.5 Å². The summed E-state index contributed by atoms with van der Waals surface area (Å²) in [6, 6.07) is 10.5. The Hall–Kier alpha value is -1.86. The van der Waals surface area contributed by atoms with Gasteiger partial charge in [0.1, 0.15) is 0 Å². The van der Waals surface area contributed by atoms with Crippen LogP contribution in [-0.2, 0) is 6.42 Å². The molecule has 0 spiro atoms. The van der Waals surface area contributed by atoms with Crippen molar-refractivity contribution in [1.82, 2.24) is 9.80 Å². The molecule has 1 aromatic rings. The molecule has 3 rings (SSSR count). The van der Waals surface area contributed by atoms with Gasteiger partial charge in [-0.05, 0) is 57.0 Å². The predicted octanol–water partition coefficient (Wildman–Crippen LogP) is 2.45. The number of carbonyl (C=O) groups is 1. The molecule has 22 heavy (non-hydrogen) atoms. The molecule has 4 nitrogen and oxygen atoms in total. The first-order valence-electron chi connectivity index (χ1n) is 8.18. The van der Waals surface area contributed by atoms with E-state index in [0.29, 0.717) is 18.5 Å². The topological polar surface area (TPSA) is 47.3 Å². The molecule has 1 aromatic carbocycles. The van der Waals surface area contributed by atoms with Crippen LogP contribution in [0.2, 0.25) is 0 Å². The number of nitrogens with zero attached hydrogens (tertiary/aromatic N) is 3. The number of likely N-dealkylation sites (N-methyl/N-ethyl adjacent to an activating group) is 1. The first-order chi connectivity index (χ1) is 10.7. The van der Waals surface area contributed by atoms with E-state index in [1.165, 1.54) is 12.8 Å². The molecule has 0 unspecified atom stereocenters. The Kier molecular flexibility index (Phi) is 4.44. The van der Waals surface area contributed by atoms with Gasteiger partial charge in [-0.25, -0.2) is 0 Å². The number of carbonyl (C=O) groups excluding carboxylic acids is 1. The minimum Gasteiger partial charge on any atom is -0.334 e. The van der Waals surface area contributed by atoms with Crippen LogP contribution in [0.1, 0.15) is 41.6 Å². The maximum Gasteiger partial charge on any atom is 0.254 e. The van der Waals surface area contributed by atoms with Gasteiger partial charge in [-0.3, -0.25) is 4.79 Å². The lowest BCUT2D eigenvalue weighted by atomic mass is 10.0. The molecule has 2 saturated heterocycles. The van der Waals surface area contributed by atoms with E-state index in [0.717, 1.165) is 37.1 Å². The molecular weight excluding hydrogens is 274 g/mol.